The van der Waals surface area contributed by atoms with Gasteiger partial charge in [-0.3, -0.25) is 4.68 Å². The lowest BCUT2D eigenvalue weighted by Gasteiger charge is -2.14. The lowest BCUT2D eigenvalue weighted by atomic mass is 10.2. The molecule has 2 rings (SSSR count). The van der Waals surface area contributed by atoms with Crippen LogP contribution in [0.5, 0.6) is 0 Å². The molecule has 1 aliphatic heterocycles. The Morgan fingerprint density at radius 3 is 2.69 bits per heavy atom. The Morgan fingerprint density at radius 2 is 2.19 bits per heavy atom. The lowest BCUT2D eigenvalue weighted by Crippen LogP contribution is -2.22. The molecule has 0 aromatic carbocycles. The third-order valence-corrected chi connectivity index (χ3v) is 3.22. The summed E-state index contributed by atoms with van der Waals surface area (Å²) < 4.78 is 2.10. The quantitative estimate of drug-likeness (QED) is 0.820. The third kappa shape index (κ3) is 2.07. The van der Waals surface area contributed by atoms with Gasteiger partial charge < -0.3 is 10.6 Å². The maximum atomic E-state index is 4.59. The summed E-state index contributed by atoms with van der Waals surface area (Å²) in [4.78, 5) is 0. The molecule has 2 N–H and O–H groups in total. The van der Waals surface area contributed by atoms with Gasteiger partial charge in [-0.25, -0.2) is 0 Å². The van der Waals surface area contributed by atoms with E-state index in [1.54, 1.807) is 0 Å². The van der Waals surface area contributed by atoms with E-state index in [4.69, 9.17) is 0 Å². The molecule has 0 radical (unpaired) electrons. The van der Waals surface area contributed by atoms with Gasteiger partial charge in [0.25, 0.3) is 0 Å². The fraction of sp³-hybridized carbons (Fsp3) is 0.750. The van der Waals surface area contributed by atoms with E-state index in [-0.39, 0.29) is 0 Å². The fourth-order valence-electron chi connectivity index (χ4n) is 2.36. The molecular weight excluding hydrogens is 200 g/mol. The Labute approximate surface area is 97.4 Å². The molecule has 1 aliphatic rings. The van der Waals surface area contributed by atoms with Gasteiger partial charge in [-0.1, -0.05) is 0 Å². The van der Waals surface area contributed by atoms with Crippen LogP contribution in [0.25, 0.3) is 0 Å². The Balaban J connectivity index is 2.19. The summed E-state index contributed by atoms with van der Waals surface area (Å²) in [5, 5.41) is 11.6. The van der Waals surface area contributed by atoms with Crippen LogP contribution in [0.3, 0.4) is 0 Å². The summed E-state index contributed by atoms with van der Waals surface area (Å²) in [5.74, 6) is 0. The van der Waals surface area contributed by atoms with Crippen molar-refractivity contribution in [3.8, 4) is 0 Å². The van der Waals surface area contributed by atoms with Crippen LogP contribution in [0.15, 0.2) is 0 Å². The van der Waals surface area contributed by atoms with E-state index in [0.717, 1.165) is 18.8 Å². The van der Waals surface area contributed by atoms with Crippen molar-refractivity contribution in [2.24, 2.45) is 0 Å². The minimum Gasteiger partial charge on any atom is -0.378 e. The second-order valence-corrected chi connectivity index (χ2v) is 4.92. The van der Waals surface area contributed by atoms with Gasteiger partial charge in [0.05, 0.1) is 17.1 Å². The van der Waals surface area contributed by atoms with Crippen molar-refractivity contribution in [1.82, 2.24) is 15.1 Å². The molecule has 1 saturated heterocycles. The van der Waals surface area contributed by atoms with Gasteiger partial charge in [0.1, 0.15) is 0 Å². The van der Waals surface area contributed by atoms with E-state index in [1.165, 1.54) is 17.8 Å². The minimum atomic E-state index is 0.427. The van der Waals surface area contributed by atoms with E-state index in [0.29, 0.717) is 12.1 Å². The standard InChI is InChI=1S/C12H22N4/c1-8(2)16-10(4)12(9(3)15-16)14-11-5-6-13-7-11/h8,11,13-14H,5-7H2,1-4H3. The molecule has 1 unspecified atom stereocenters. The van der Waals surface area contributed by atoms with Crippen molar-refractivity contribution in [3.63, 3.8) is 0 Å². The average molecular weight is 222 g/mol. The van der Waals surface area contributed by atoms with Crippen LogP contribution in [0.1, 0.15) is 37.7 Å². The second kappa shape index (κ2) is 4.45. The summed E-state index contributed by atoms with van der Waals surface area (Å²) in [6.45, 7) is 10.7. The highest BCUT2D eigenvalue weighted by Gasteiger charge is 2.19. The molecule has 1 atom stereocenters. The van der Waals surface area contributed by atoms with Gasteiger partial charge in [0.15, 0.2) is 0 Å². The van der Waals surface area contributed by atoms with E-state index < -0.39 is 0 Å². The Morgan fingerprint density at radius 1 is 1.44 bits per heavy atom. The van der Waals surface area contributed by atoms with Crippen molar-refractivity contribution < 1.29 is 0 Å². The monoisotopic (exact) mass is 222 g/mol. The zero-order valence-electron chi connectivity index (χ0n) is 10.7. The van der Waals surface area contributed by atoms with Crippen molar-refractivity contribution in [2.75, 3.05) is 18.4 Å². The number of rotatable bonds is 3. The van der Waals surface area contributed by atoms with E-state index in [2.05, 4.69) is 48.1 Å². The fourth-order valence-corrected chi connectivity index (χ4v) is 2.36. The van der Waals surface area contributed by atoms with Crippen LogP contribution in [-0.2, 0) is 0 Å². The van der Waals surface area contributed by atoms with E-state index in [9.17, 15) is 0 Å². The van der Waals surface area contributed by atoms with Gasteiger partial charge in [0, 0.05) is 18.6 Å². The van der Waals surface area contributed by atoms with E-state index >= 15 is 0 Å². The number of hydrogen-bond donors (Lipinski definition) is 2. The largest absolute Gasteiger partial charge is 0.378 e. The highest BCUT2D eigenvalue weighted by molar-refractivity contribution is 5.53. The molecule has 0 bridgehead atoms. The molecule has 4 heteroatoms. The highest BCUT2D eigenvalue weighted by atomic mass is 15.3. The smallest absolute Gasteiger partial charge is 0.0828 e. The number of hydrogen-bond acceptors (Lipinski definition) is 3. The Hall–Kier alpha value is -1.03. The third-order valence-electron chi connectivity index (χ3n) is 3.22. The van der Waals surface area contributed by atoms with E-state index in [1.807, 2.05) is 0 Å². The van der Waals surface area contributed by atoms with Gasteiger partial charge in [-0.15, -0.1) is 0 Å². The number of aryl methyl sites for hydroxylation is 1. The first-order chi connectivity index (χ1) is 7.59. The topological polar surface area (TPSA) is 41.9 Å². The van der Waals surface area contributed by atoms with Gasteiger partial charge in [0.2, 0.25) is 0 Å². The summed E-state index contributed by atoms with van der Waals surface area (Å²) in [6.07, 6.45) is 1.20. The highest BCUT2D eigenvalue weighted by Crippen LogP contribution is 2.23. The van der Waals surface area contributed by atoms with Crippen LogP contribution in [0.2, 0.25) is 0 Å². The van der Waals surface area contributed by atoms with Gasteiger partial charge in [-0.05, 0) is 40.7 Å². The summed E-state index contributed by atoms with van der Waals surface area (Å²) in [6, 6.07) is 0.984. The number of aromatic nitrogens is 2. The van der Waals surface area contributed by atoms with Crippen molar-refractivity contribution in [3.05, 3.63) is 11.4 Å². The molecule has 2 heterocycles. The molecule has 1 aromatic heterocycles. The molecular formula is C12H22N4. The zero-order valence-corrected chi connectivity index (χ0v) is 10.7. The summed E-state index contributed by atoms with van der Waals surface area (Å²) in [5.41, 5.74) is 3.58. The van der Waals surface area contributed by atoms with Gasteiger partial charge >= 0.3 is 0 Å². The summed E-state index contributed by atoms with van der Waals surface area (Å²) >= 11 is 0. The maximum absolute atomic E-state index is 4.59. The molecule has 0 amide bonds. The van der Waals surface area contributed by atoms with Crippen molar-refractivity contribution in [1.29, 1.82) is 0 Å². The molecule has 1 fully saturated rings. The number of nitrogens with zero attached hydrogens (tertiary/aromatic N) is 2. The van der Waals surface area contributed by atoms with Crippen molar-refractivity contribution in [2.45, 2.75) is 46.2 Å². The van der Waals surface area contributed by atoms with Crippen LogP contribution in [0, 0.1) is 13.8 Å². The summed E-state index contributed by atoms with van der Waals surface area (Å²) in [7, 11) is 0. The maximum Gasteiger partial charge on any atom is 0.0828 e. The Bertz CT molecular complexity index is 361. The van der Waals surface area contributed by atoms with Crippen LogP contribution in [-0.4, -0.2) is 28.9 Å². The zero-order chi connectivity index (χ0) is 11.7. The molecule has 16 heavy (non-hydrogen) atoms. The normalized spacial score (nSPS) is 20.7. The van der Waals surface area contributed by atoms with Crippen molar-refractivity contribution >= 4 is 5.69 Å². The minimum absolute atomic E-state index is 0.427. The first-order valence-electron chi connectivity index (χ1n) is 6.12. The molecule has 0 aliphatic carbocycles. The molecule has 1 aromatic rings. The first-order valence-corrected chi connectivity index (χ1v) is 6.12. The number of anilines is 1. The SMILES string of the molecule is Cc1nn(C(C)C)c(C)c1NC1CCNC1. The first kappa shape index (κ1) is 11.5. The van der Waals surface area contributed by atoms with Gasteiger partial charge in [-0.2, -0.15) is 5.10 Å². The van der Waals surface area contributed by atoms with Crippen LogP contribution < -0.4 is 10.6 Å². The number of nitrogens with one attached hydrogen (secondary N) is 2. The molecule has 0 saturated carbocycles. The average Bonchev–Trinajstić information content (AvgIpc) is 2.81. The predicted molar refractivity (Wildman–Crippen MR) is 67.0 cm³/mol. The van der Waals surface area contributed by atoms with Crippen LogP contribution in [0.4, 0.5) is 5.69 Å². The van der Waals surface area contributed by atoms with Crippen LogP contribution >= 0.6 is 0 Å². The lowest BCUT2D eigenvalue weighted by molar-refractivity contribution is 0.516. The molecule has 4 nitrogen and oxygen atoms in total. The molecule has 0 spiro atoms. The predicted octanol–water partition coefficient (Wildman–Crippen LogP) is 1.85. The molecule has 90 valence electrons. The second-order valence-electron chi connectivity index (χ2n) is 4.92. The Kier molecular flexibility index (Phi) is 3.19.